The van der Waals surface area contributed by atoms with Gasteiger partial charge >= 0.3 is 5.91 Å². The van der Waals surface area contributed by atoms with Crippen LogP contribution in [-0.2, 0) is 9.59 Å². The standard InChI is InChI=1S/C6H7NO2S/c1-2-3-7-6(9)5(8)4-10-7/h2H,1,3-4H2. The largest absolute Gasteiger partial charge is 0.301 e. The molecule has 1 amide bonds. The Labute approximate surface area is 63.2 Å². The second-order valence-electron chi connectivity index (χ2n) is 1.85. The average Bonchev–Trinajstić information content (AvgIpc) is 2.20. The van der Waals surface area contributed by atoms with Gasteiger partial charge in [-0.25, -0.2) is 0 Å². The van der Waals surface area contributed by atoms with Gasteiger partial charge in [0.15, 0.2) is 0 Å². The van der Waals surface area contributed by atoms with E-state index in [0.29, 0.717) is 6.54 Å². The summed E-state index contributed by atoms with van der Waals surface area (Å²) < 4.78 is 1.41. The highest BCUT2D eigenvalue weighted by atomic mass is 32.2. The maximum atomic E-state index is 10.8. The minimum absolute atomic E-state index is 0.284. The van der Waals surface area contributed by atoms with E-state index in [1.807, 2.05) is 0 Å². The predicted molar refractivity (Wildman–Crippen MR) is 39.4 cm³/mol. The van der Waals surface area contributed by atoms with Gasteiger partial charge < -0.3 is 0 Å². The third kappa shape index (κ3) is 1.21. The molecule has 0 aliphatic carbocycles. The summed E-state index contributed by atoms with van der Waals surface area (Å²) in [6.45, 7) is 3.92. The summed E-state index contributed by atoms with van der Waals surface area (Å²) in [6.07, 6.45) is 1.60. The van der Waals surface area contributed by atoms with Crippen molar-refractivity contribution < 1.29 is 9.59 Å². The van der Waals surface area contributed by atoms with Crippen molar-refractivity contribution >= 4 is 23.6 Å². The summed E-state index contributed by atoms with van der Waals surface area (Å²) >= 11 is 1.25. The molecule has 0 bridgehead atoms. The van der Waals surface area contributed by atoms with Crippen molar-refractivity contribution in [1.29, 1.82) is 0 Å². The fourth-order valence-electron chi connectivity index (χ4n) is 0.649. The molecule has 0 aromatic heterocycles. The van der Waals surface area contributed by atoms with E-state index in [1.54, 1.807) is 6.08 Å². The van der Waals surface area contributed by atoms with Crippen LogP contribution in [0.25, 0.3) is 0 Å². The van der Waals surface area contributed by atoms with Gasteiger partial charge in [0.25, 0.3) is 0 Å². The van der Waals surface area contributed by atoms with Crippen LogP contribution < -0.4 is 0 Å². The number of nitrogens with zero attached hydrogens (tertiary/aromatic N) is 1. The van der Waals surface area contributed by atoms with Crippen molar-refractivity contribution in [3.05, 3.63) is 12.7 Å². The summed E-state index contributed by atoms with van der Waals surface area (Å²) in [5, 5.41) is 0. The van der Waals surface area contributed by atoms with Gasteiger partial charge in [-0.05, 0) is 11.9 Å². The number of hydrogen-bond donors (Lipinski definition) is 0. The molecule has 0 N–H and O–H groups in total. The van der Waals surface area contributed by atoms with Crippen LogP contribution in [-0.4, -0.2) is 28.3 Å². The second kappa shape index (κ2) is 2.88. The molecular formula is C6H7NO2S. The van der Waals surface area contributed by atoms with Crippen LogP contribution in [0.2, 0.25) is 0 Å². The molecule has 0 saturated carbocycles. The van der Waals surface area contributed by atoms with Gasteiger partial charge in [-0.2, -0.15) is 0 Å². The van der Waals surface area contributed by atoms with Gasteiger partial charge in [-0.1, -0.05) is 6.08 Å². The fraction of sp³-hybridized carbons (Fsp3) is 0.333. The Hall–Kier alpha value is -0.770. The number of Topliss-reactive ketones (excluding diaryl/α,β-unsaturated/α-hetero) is 1. The van der Waals surface area contributed by atoms with Crippen LogP contribution in [0.15, 0.2) is 12.7 Å². The lowest BCUT2D eigenvalue weighted by Crippen LogP contribution is -2.23. The SMILES string of the molecule is C=CCN1SCC(=O)C1=O. The maximum Gasteiger partial charge on any atom is 0.301 e. The first kappa shape index (κ1) is 7.34. The van der Waals surface area contributed by atoms with Gasteiger partial charge in [0, 0.05) is 0 Å². The molecular weight excluding hydrogens is 150 g/mol. The summed E-state index contributed by atoms with van der Waals surface area (Å²) in [7, 11) is 0. The monoisotopic (exact) mass is 157 g/mol. The average molecular weight is 157 g/mol. The molecule has 1 heterocycles. The molecule has 0 aromatic carbocycles. The van der Waals surface area contributed by atoms with Gasteiger partial charge in [-0.3, -0.25) is 13.9 Å². The molecule has 1 rings (SSSR count). The summed E-state index contributed by atoms with van der Waals surface area (Å²) in [5.41, 5.74) is 0. The Kier molecular flexibility index (Phi) is 2.11. The Morgan fingerprint density at radius 3 is 2.80 bits per heavy atom. The van der Waals surface area contributed by atoms with Crippen LogP contribution in [0.1, 0.15) is 0 Å². The number of carbonyl (C=O) groups excluding carboxylic acids is 2. The van der Waals surface area contributed by atoms with E-state index in [-0.39, 0.29) is 11.5 Å². The molecule has 10 heavy (non-hydrogen) atoms. The number of rotatable bonds is 2. The predicted octanol–water partition coefficient (Wildman–Crippen LogP) is 0.232. The van der Waals surface area contributed by atoms with E-state index in [2.05, 4.69) is 6.58 Å². The zero-order chi connectivity index (χ0) is 7.56. The Balaban J connectivity index is 2.57. The lowest BCUT2D eigenvalue weighted by atomic mass is 10.4. The number of hydrogen-bond acceptors (Lipinski definition) is 3. The van der Waals surface area contributed by atoms with E-state index >= 15 is 0 Å². The third-order valence-corrected chi connectivity index (χ3v) is 2.13. The first-order chi connectivity index (χ1) is 4.75. The highest BCUT2D eigenvalue weighted by Gasteiger charge is 2.28. The minimum Gasteiger partial charge on any atom is -0.288 e. The zero-order valence-corrected chi connectivity index (χ0v) is 6.19. The quantitative estimate of drug-likeness (QED) is 0.327. The molecule has 1 saturated heterocycles. The zero-order valence-electron chi connectivity index (χ0n) is 5.37. The smallest absolute Gasteiger partial charge is 0.288 e. The topological polar surface area (TPSA) is 37.4 Å². The highest BCUT2D eigenvalue weighted by molar-refractivity contribution is 7.99. The summed E-state index contributed by atoms with van der Waals surface area (Å²) in [6, 6.07) is 0. The van der Waals surface area contributed by atoms with Crippen LogP contribution in [0.5, 0.6) is 0 Å². The molecule has 0 spiro atoms. The van der Waals surface area contributed by atoms with Crippen LogP contribution in [0, 0.1) is 0 Å². The van der Waals surface area contributed by atoms with Gasteiger partial charge in [0.1, 0.15) is 0 Å². The molecule has 0 unspecified atom stereocenters. The van der Waals surface area contributed by atoms with E-state index in [9.17, 15) is 9.59 Å². The van der Waals surface area contributed by atoms with Crippen molar-refractivity contribution in [2.75, 3.05) is 12.3 Å². The summed E-state index contributed by atoms with van der Waals surface area (Å²) in [4.78, 5) is 21.4. The molecule has 1 aliphatic heterocycles. The Bertz CT molecular complexity index is 190. The van der Waals surface area contributed by atoms with E-state index in [0.717, 1.165) is 0 Å². The number of amides is 1. The van der Waals surface area contributed by atoms with Crippen molar-refractivity contribution in [2.24, 2.45) is 0 Å². The fourth-order valence-corrected chi connectivity index (χ4v) is 1.48. The number of carbonyl (C=O) groups is 2. The van der Waals surface area contributed by atoms with Crippen molar-refractivity contribution in [3.63, 3.8) is 0 Å². The first-order valence-corrected chi connectivity index (χ1v) is 3.78. The molecule has 54 valence electrons. The highest BCUT2D eigenvalue weighted by Crippen LogP contribution is 2.17. The molecule has 1 aliphatic rings. The molecule has 3 nitrogen and oxygen atoms in total. The second-order valence-corrected chi connectivity index (χ2v) is 2.84. The van der Waals surface area contributed by atoms with Crippen molar-refractivity contribution in [1.82, 2.24) is 4.31 Å². The molecule has 0 aromatic rings. The van der Waals surface area contributed by atoms with E-state index in [1.165, 1.54) is 16.3 Å². The molecule has 1 fully saturated rings. The Morgan fingerprint density at radius 1 is 1.70 bits per heavy atom. The lowest BCUT2D eigenvalue weighted by Gasteiger charge is -2.07. The normalized spacial score (nSPS) is 18.2. The maximum absolute atomic E-state index is 10.8. The Morgan fingerprint density at radius 2 is 2.40 bits per heavy atom. The molecule has 0 atom stereocenters. The molecule has 0 radical (unpaired) electrons. The van der Waals surface area contributed by atoms with Crippen molar-refractivity contribution in [3.8, 4) is 0 Å². The number of ketones is 1. The summed E-state index contributed by atoms with van der Waals surface area (Å²) in [5.74, 6) is -0.427. The van der Waals surface area contributed by atoms with Crippen LogP contribution >= 0.6 is 11.9 Å². The first-order valence-electron chi connectivity index (χ1n) is 2.84. The van der Waals surface area contributed by atoms with Crippen molar-refractivity contribution in [2.45, 2.75) is 0 Å². The van der Waals surface area contributed by atoms with E-state index < -0.39 is 5.91 Å². The van der Waals surface area contributed by atoms with Gasteiger partial charge in [0.05, 0.1) is 12.3 Å². The minimum atomic E-state index is -0.398. The van der Waals surface area contributed by atoms with Crippen LogP contribution in [0.4, 0.5) is 0 Å². The molecule has 4 heteroatoms. The third-order valence-electron chi connectivity index (χ3n) is 1.11. The van der Waals surface area contributed by atoms with Crippen LogP contribution in [0.3, 0.4) is 0 Å². The van der Waals surface area contributed by atoms with E-state index in [4.69, 9.17) is 0 Å². The van der Waals surface area contributed by atoms with Gasteiger partial charge in [-0.15, -0.1) is 6.58 Å². The van der Waals surface area contributed by atoms with Gasteiger partial charge in [0.2, 0.25) is 5.78 Å². The lowest BCUT2D eigenvalue weighted by molar-refractivity contribution is -0.138.